The maximum Gasteiger partial charge on any atom is 0.137 e. The first-order chi connectivity index (χ1) is 9.61. The summed E-state index contributed by atoms with van der Waals surface area (Å²) in [6, 6.07) is 9.25. The Labute approximate surface area is 130 Å². The average molecular weight is 324 g/mol. The Morgan fingerprint density at radius 1 is 1.10 bits per heavy atom. The van der Waals surface area contributed by atoms with E-state index in [0.717, 1.165) is 22.0 Å². The van der Waals surface area contributed by atoms with Crippen molar-refractivity contribution < 1.29 is 0 Å². The number of hydrogen-bond donors (Lipinski definition) is 1. The highest BCUT2D eigenvalue weighted by atomic mass is 35.5. The van der Waals surface area contributed by atoms with E-state index in [1.165, 1.54) is 0 Å². The number of fused-ring (bicyclic) bond motifs is 1. The normalized spacial score (nSPS) is 11.1. The second kappa shape index (κ2) is 5.56. The van der Waals surface area contributed by atoms with Crippen molar-refractivity contribution in [3.63, 3.8) is 0 Å². The predicted molar refractivity (Wildman–Crippen MR) is 85.6 cm³/mol. The second-order valence-corrected chi connectivity index (χ2v) is 6.21. The van der Waals surface area contributed by atoms with Gasteiger partial charge in [0.1, 0.15) is 5.65 Å². The molecule has 3 nitrogen and oxygen atoms in total. The Bertz CT molecular complexity index is 770. The van der Waals surface area contributed by atoms with E-state index >= 15 is 0 Å². The highest BCUT2D eigenvalue weighted by Gasteiger charge is 2.05. The molecule has 2 heterocycles. The molecule has 0 aliphatic rings. The van der Waals surface area contributed by atoms with Crippen LogP contribution in [0.5, 0.6) is 0 Å². The molecular formula is C14H11Cl2N3S. The third-order valence-corrected chi connectivity index (χ3v) is 4.39. The number of aromatic nitrogens is 2. The summed E-state index contributed by atoms with van der Waals surface area (Å²) in [5.74, 6) is 0.741. The van der Waals surface area contributed by atoms with Gasteiger partial charge in [0.15, 0.2) is 0 Å². The van der Waals surface area contributed by atoms with Crippen LogP contribution in [0, 0.1) is 0 Å². The minimum absolute atomic E-state index is 0.647. The molecule has 3 rings (SSSR count). The van der Waals surface area contributed by atoms with E-state index in [2.05, 4.69) is 4.98 Å². The van der Waals surface area contributed by atoms with E-state index in [4.69, 9.17) is 28.9 Å². The number of hydrogen-bond acceptors (Lipinski definition) is 3. The van der Waals surface area contributed by atoms with Crippen LogP contribution in [0.1, 0.15) is 5.69 Å². The Balaban J connectivity index is 1.79. The van der Waals surface area contributed by atoms with Crippen molar-refractivity contribution in [3.8, 4) is 0 Å². The number of imidazole rings is 1. The number of pyridine rings is 1. The number of anilines is 1. The highest BCUT2D eigenvalue weighted by Crippen LogP contribution is 2.30. The highest BCUT2D eigenvalue weighted by molar-refractivity contribution is 7.98. The van der Waals surface area contributed by atoms with Gasteiger partial charge < -0.3 is 10.1 Å². The van der Waals surface area contributed by atoms with Gasteiger partial charge in [0.25, 0.3) is 0 Å². The zero-order chi connectivity index (χ0) is 14.1. The molecule has 0 fully saturated rings. The molecule has 0 aliphatic heterocycles. The third kappa shape index (κ3) is 2.87. The number of nitrogens with two attached hydrogens (primary N) is 1. The summed E-state index contributed by atoms with van der Waals surface area (Å²) in [6.45, 7) is 0. The summed E-state index contributed by atoms with van der Waals surface area (Å²) < 4.78 is 1.92. The van der Waals surface area contributed by atoms with Gasteiger partial charge in [-0.3, -0.25) is 0 Å². The first-order valence-corrected chi connectivity index (χ1v) is 7.67. The van der Waals surface area contributed by atoms with Crippen LogP contribution in [0.25, 0.3) is 5.65 Å². The third-order valence-electron chi connectivity index (χ3n) is 2.81. The van der Waals surface area contributed by atoms with E-state index < -0.39 is 0 Å². The van der Waals surface area contributed by atoms with Crippen LogP contribution in [0.4, 0.5) is 5.69 Å². The van der Waals surface area contributed by atoms with Crippen molar-refractivity contribution in [1.82, 2.24) is 9.38 Å². The summed E-state index contributed by atoms with van der Waals surface area (Å²) in [7, 11) is 0. The van der Waals surface area contributed by atoms with Crippen molar-refractivity contribution in [3.05, 3.63) is 58.5 Å². The molecule has 1 aromatic carbocycles. The second-order valence-electron chi connectivity index (χ2n) is 4.32. The summed E-state index contributed by atoms with van der Waals surface area (Å²) >= 11 is 13.5. The van der Waals surface area contributed by atoms with Gasteiger partial charge in [-0.05, 0) is 30.3 Å². The smallest absolute Gasteiger partial charge is 0.137 e. The first kappa shape index (κ1) is 13.6. The van der Waals surface area contributed by atoms with Crippen molar-refractivity contribution in [1.29, 1.82) is 0 Å². The van der Waals surface area contributed by atoms with E-state index in [1.54, 1.807) is 17.8 Å². The molecule has 0 unspecified atom stereocenters. The van der Waals surface area contributed by atoms with Gasteiger partial charge in [-0.15, -0.1) is 11.8 Å². The van der Waals surface area contributed by atoms with Gasteiger partial charge in [-0.1, -0.05) is 23.2 Å². The lowest BCUT2D eigenvalue weighted by atomic mass is 10.3. The molecule has 102 valence electrons. The maximum atomic E-state index is 5.95. The quantitative estimate of drug-likeness (QED) is 0.569. The lowest BCUT2D eigenvalue weighted by molar-refractivity contribution is 1.18. The van der Waals surface area contributed by atoms with Crippen LogP contribution in [0.15, 0.2) is 47.6 Å². The van der Waals surface area contributed by atoms with Crippen LogP contribution in [-0.2, 0) is 5.75 Å². The SMILES string of the molecule is Nc1cc(Cl)ccc1SCc1cn2cc(Cl)ccc2n1. The van der Waals surface area contributed by atoms with Gasteiger partial charge >= 0.3 is 0 Å². The summed E-state index contributed by atoms with van der Waals surface area (Å²) in [5.41, 5.74) is 8.48. The summed E-state index contributed by atoms with van der Waals surface area (Å²) in [5, 5.41) is 1.34. The van der Waals surface area contributed by atoms with Crippen LogP contribution in [0.2, 0.25) is 10.0 Å². The largest absolute Gasteiger partial charge is 0.398 e. The van der Waals surface area contributed by atoms with Crippen LogP contribution in [0.3, 0.4) is 0 Å². The lowest BCUT2D eigenvalue weighted by Crippen LogP contribution is -1.89. The molecule has 0 amide bonds. The van der Waals surface area contributed by atoms with Gasteiger partial charge in [-0.25, -0.2) is 4.98 Å². The van der Waals surface area contributed by atoms with Crippen molar-refractivity contribution in [2.24, 2.45) is 0 Å². The molecule has 0 radical (unpaired) electrons. The number of rotatable bonds is 3. The zero-order valence-electron chi connectivity index (χ0n) is 10.4. The Kier molecular flexibility index (Phi) is 3.78. The fourth-order valence-corrected chi connectivity index (χ4v) is 3.07. The Morgan fingerprint density at radius 3 is 2.70 bits per heavy atom. The molecule has 0 spiro atoms. The molecule has 2 N–H and O–H groups in total. The number of nitrogen functional groups attached to an aromatic ring is 1. The average Bonchev–Trinajstić information content (AvgIpc) is 2.79. The standard InChI is InChI=1S/C14H11Cl2N3S/c15-9-1-3-13(12(17)5-9)20-8-11-7-19-6-10(16)2-4-14(19)18-11/h1-7H,8,17H2. The number of halogens is 2. The van der Waals surface area contributed by atoms with Crippen LogP contribution >= 0.6 is 35.0 Å². The predicted octanol–water partition coefficient (Wildman–Crippen LogP) is 4.52. The Morgan fingerprint density at radius 2 is 1.90 bits per heavy atom. The van der Waals surface area contributed by atoms with E-state index in [0.29, 0.717) is 15.7 Å². The monoisotopic (exact) mass is 323 g/mol. The topological polar surface area (TPSA) is 43.3 Å². The molecule has 0 saturated carbocycles. The minimum Gasteiger partial charge on any atom is -0.398 e. The maximum absolute atomic E-state index is 5.95. The molecule has 0 saturated heterocycles. The fourth-order valence-electron chi connectivity index (χ4n) is 1.89. The molecule has 6 heteroatoms. The van der Waals surface area contributed by atoms with Gasteiger partial charge in [0.05, 0.1) is 10.7 Å². The molecule has 0 bridgehead atoms. The van der Waals surface area contributed by atoms with Gasteiger partial charge in [0, 0.05) is 33.8 Å². The molecule has 0 aliphatic carbocycles. The summed E-state index contributed by atoms with van der Waals surface area (Å²) in [4.78, 5) is 5.54. The van der Waals surface area contributed by atoms with Crippen LogP contribution in [-0.4, -0.2) is 9.38 Å². The van der Waals surface area contributed by atoms with E-state index in [-0.39, 0.29) is 0 Å². The van der Waals surface area contributed by atoms with Crippen LogP contribution < -0.4 is 5.73 Å². The molecule has 3 aromatic rings. The minimum atomic E-state index is 0.647. The fraction of sp³-hybridized carbons (Fsp3) is 0.0714. The van der Waals surface area contributed by atoms with E-state index in [1.807, 2.05) is 41.1 Å². The number of benzene rings is 1. The summed E-state index contributed by atoms with van der Waals surface area (Å²) in [6.07, 6.45) is 3.81. The zero-order valence-corrected chi connectivity index (χ0v) is 12.7. The van der Waals surface area contributed by atoms with Crippen molar-refractivity contribution in [2.75, 3.05) is 5.73 Å². The molecule has 2 aromatic heterocycles. The Hall–Kier alpha value is -1.36. The number of nitrogens with zero attached hydrogens (tertiary/aromatic N) is 2. The first-order valence-electron chi connectivity index (χ1n) is 5.93. The van der Waals surface area contributed by atoms with Gasteiger partial charge in [-0.2, -0.15) is 0 Å². The van der Waals surface area contributed by atoms with Crippen molar-refractivity contribution in [2.45, 2.75) is 10.6 Å². The van der Waals surface area contributed by atoms with E-state index in [9.17, 15) is 0 Å². The molecule has 20 heavy (non-hydrogen) atoms. The molecular weight excluding hydrogens is 313 g/mol. The van der Waals surface area contributed by atoms with Crippen molar-refractivity contribution >= 4 is 46.3 Å². The molecule has 0 atom stereocenters. The van der Waals surface area contributed by atoms with Gasteiger partial charge in [0.2, 0.25) is 0 Å². The lowest BCUT2D eigenvalue weighted by Gasteiger charge is -2.04. The number of thioether (sulfide) groups is 1.